The molecule has 10 unspecified atom stereocenters. The lowest BCUT2D eigenvalue weighted by atomic mass is 9.86. The smallest absolute Gasteiger partial charge is 0.0576 e. The molecule has 0 saturated heterocycles. The quantitative estimate of drug-likeness (QED) is 0.106. The Morgan fingerprint density at radius 2 is 0.730 bits per heavy atom. The van der Waals surface area contributed by atoms with E-state index in [0.29, 0.717) is 23.0 Å². The van der Waals surface area contributed by atoms with Gasteiger partial charge in [-0.05, 0) is 114 Å². The van der Waals surface area contributed by atoms with Crippen molar-refractivity contribution in [2.45, 2.75) is 182 Å². The van der Waals surface area contributed by atoms with Crippen LogP contribution in [0.2, 0.25) is 0 Å². The molecule has 0 amide bonds. The van der Waals surface area contributed by atoms with E-state index in [2.05, 4.69) is 69.2 Å². The number of halogens is 2. The third kappa shape index (κ3) is 22.0. The summed E-state index contributed by atoms with van der Waals surface area (Å²) >= 11 is 12.4. The van der Waals surface area contributed by atoms with Crippen molar-refractivity contribution in [3.05, 3.63) is 0 Å². The van der Waals surface area contributed by atoms with Gasteiger partial charge < -0.3 is 4.74 Å². The van der Waals surface area contributed by atoms with E-state index in [1.807, 2.05) is 0 Å². The van der Waals surface area contributed by atoms with Crippen LogP contribution < -0.4 is 0 Å². The van der Waals surface area contributed by atoms with Crippen LogP contribution in [0.5, 0.6) is 0 Å². The molecule has 0 spiro atoms. The summed E-state index contributed by atoms with van der Waals surface area (Å²) in [6, 6.07) is 0. The minimum absolute atomic E-state index is 0.300. The van der Waals surface area contributed by atoms with E-state index in [9.17, 15) is 0 Å². The van der Waals surface area contributed by atoms with Crippen LogP contribution in [0.3, 0.4) is 0 Å². The molecule has 0 aliphatic rings. The van der Waals surface area contributed by atoms with Crippen molar-refractivity contribution in [3.63, 3.8) is 0 Å². The zero-order valence-corrected chi connectivity index (χ0v) is 28.3. The van der Waals surface area contributed by atoms with Crippen molar-refractivity contribution in [1.29, 1.82) is 0 Å². The van der Waals surface area contributed by atoms with Gasteiger partial charge in [0.05, 0.1) is 12.2 Å². The summed E-state index contributed by atoms with van der Waals surface area (Å²) < 4.78 is 6.63. The fourth-order valence-corrected chi connectivity index (χ4v) is 7.48. The molecule has 0 bridgehead atoms. The first-order valence-electron chi connectivity index (χ1n) is 16.3. The molecular formula is C34H68Cl2O. The Kier molecular flexibility index (Phi) is 22.6. The Labute approximate surface area is 245 Å². The van der Waals surface area contributed by atoms with Gasteiger partial charge in [-0.25, -0.2) is 0 Å². The summed E-state index contributed by atoms with van der Waals surface area (Å²) in [6.45, 7) is 23.3. The minimum atomic E-state index is 0.300. The topological polar surface area (TPSA) is 9.23 Å². The SMILES string of the molecule is CCC(CCCC(C)CC(C)CC(C)CC(C)Cl)OC(CC)CCCC(C)CC(C)CC(C)CC(C)Cl. The third-order valence-corrected chi connectivity index (χ3v) is 8.77. The van der Waals surface area contributed by atoms with Crippen molar-refractivity contribution in [3.8, 4) is 0 Å². The van der Waals surface area contributed by atoms with Crippen LogP contribution in [0.25, 0.3) is 0 Å². The molecule has 0 heterocycles. The van der Waals surface area contributed by atoms with Crippen LogP contribution >= 0.6 is 23.2 Å². The van der Waals surface area contributed by atoms with Crippen molar-refractivity contribution >= 4 is 23.2 Å². The monoisotopic (exact) mass is 562 g/mol. The normalized spacial score (nSPS) is 20.4. The van der Waals surface area contributed by atoms with Gasteiger partial charge in [0.1, 0.15) is 0 Å². The first-order valence-corrected chi connectivity index (χ1v) is 17.2. The Morgan fingerprint density at radius 3 is 1.03 bits per heavy atom. The molecule has 1 nitrogen and oxygen atoms in total. The standard InChI is InChI=1S/C34H68Cl2O/c1-11-33(17-13-15-25(3)19-27(5)21-29(7)23-31(9)35)37-34(12-2)18-14-16-26(4)20-28(6)22-30(8)24-32(10)36/h25-34H,11-24H2,1-10H3. The molecule has 0 saturated carbocycles. The van der Waals surface area contributed by atoms with E-state index in [0.717, 1.165) is 61.2 Å². The van der Waals surface area contributed by atoms with Gasteiger partial charge in [-0.2, -0.15) is 0 Å². The molecule has 37 heavy (non-hydrogen) atoms. The molecule has 0 aromatic carbocycles. The number of hydrogen-bond donors (Lipinski definition) is 0. The lowest BCUT2D eigenvalue weighted by Crippen LogP contribution is -2.22. The summed E-state index contributed by atoms with van der Waals surface area (Å²) in [5, 5.41) is 0.600. The third-order valence-electron chi connectivity index (χ3n) is 8.41. The highest BCUT2D eigenvalue weighted by atomic mass is 35.5. The van der Waals surface area contributed by atoms with E-state index in [1.54, 1.807) is 0 Å². The number of rotatable bonds is 24. The van der Waals surface area contributed by atoms with Crippen LogP contribution in [0.1, 0.15) is 159 Å². The summed E-state index contributed by atoms with van der Waals surface area (Å²) in [6.07, 6.45) is 18.4. The number of ether oxygens (including phenoxy) is 1. The van der Waals surface area contributed by atoms with E-state index < -0.39 is 0 Å². The molecule has 0 aliphatic heterocycles. The maximum absolute atomic E-state index is 6.63. The van der Waals surface area contributed by atoms with Gasteiger partial charge in [0.15, 0.2) is 0 Å². The molecule has 10 atom stereocenters. The first kappa shape index (κ1) is 37.5. The lowest BCUT2D eigenvalue weighted by Gasteiger charge is -2.25. The summed E-state index contributed by atoms with van der Waals surface area (Å²) in [7, 11) is 0. The van der Waals surface area contributed by atoms with Crippen LogP contribution in [-0.4, -0.2) is 23.0 Å². The highest BCUT2D eigenvalue weighted by molar-refractivity contribution is 6.20. The second-order valence-electron chi connectivity index (χ2n) is 13.7. The molecule has 0 radical (unpaired) electrons. The molecule has 0 aromatic rings. The van der Waals surface area contributed by atoms with E-state index in [4.69, 9.17) is 27.9 Å². The molecule has 0 aliphatic carbocycles. The minimum Gasteiger partial charge on any atom is -0.375 e. The van der Waals surface area contributed by atoms with E-state index >= 15 is 0 Å². The first-order chi connectivity index (χ1) is 17.4. The highest BCUT2D eigenvalue weighted by Crippen LogP contribution is 2.28. The van der Waals surface area contributed by atoms with Crippen molar-refractivity contribution in [1.82, 2.24) is 0 Å². The van der Waals surface area contributed by atoms with Gasteiger partial charge in [0, 0.05) is 10.8 Å². The fourth-order valence-electron chi connectivity index (χ4n) is 6.87. The van der Waals surface area contributed by atoms with Crippen LogP contribution in [0.4, 0.5) is 0 Å². The van der Waals surface area contributed by atoms with Gasteiger partial charge in [0.2, 0.25) is 0 Å². The molecule has 0 fully saturated rings. The van der Waals surface area contributed by atoms with Crippen molar-refractivity contribution < 1.29 is 4.74 Å². The fraction of sp³-hybridized carbons (Fsp3) is 1.00. The lowest BCUT2D eigenvalue weighted by molar-refractivity contribution is -0.0265. The van der Waals surface area contributed by atoms with Crippen LogP contribution in [0.15, 0.2) is 0 Å². The molecule has 3 heteroatoms. The van der Waals surface area contributed by atoms with Gasteiger partial charge >= 0.3 is 0 Å². The Hall–Kier alpha value is 0.540. The van der Waals surface area contributed by atoms with Crippen molar-refractivity contribution in [2.24, 2.45) is 35.5 Å². The predicted octanol–water partition coefficient (Wildman–Crippen LogP) is 12.3. The summed E-state index contributed by atoms with van der Waals surface area (Å²) in [4.78, 5) is 0. The number of alkyl halides is 2. The molecule has 224 valence electrons. The molecule has 0 N–H and O–H groups in total. The average molecular weight is 564 g/mol. The second kappa shape index (κ2) is 22.3. The van der Waals surface area contributed by atoms with Gasteiger partial charge in [-0.3, -0.25) is 0 Å². The van der Waals surface area contributed by atoms with Crippen LogP contribution in [0, 0.1) is 35.5 Å². The average Bonchev–Trinajstić information content (AvgIpc) is 2.75. The summed E-state index contributed by atoms with van der Waals surface area (Å²) in [5.74, 6) is 4.68. The molecule has 0 rings (SSSR count). The maximum Gasteiger partial charge on any atom is 0.0576 e. The zero-order valence-electron chi connectivity index (χ0n) is 26.8. The largest absolute Gasteiger partial charge is 0.375 e. The molecule has 0 aromatic heterocycles. The Morgan fingerprint density at radius 1 is 0.432 bits per heavy atom. The Balaban J connectivity index is 4.22. The van der Waals surface area contributed by atoms with E-state index in [-0.39, 0.29) is 0 Å². The zero-order chi connectivity index (χ0) is 28.4. The van der Waals surface area contributed by atoms with E-state index in [1.165, 1.54) is 64.2 Å². The predicted molar refractivity (Wildman–Crippen MR) is 170 cm³/mol. The van der Waals surface area contributed by atoms with Crippen molar-refractivity contribution in [2.75, 3.05) is 0 Å². The van der Waals surface area contributed by atoms with Gasteiger partial charge in [0.25, 0.3) is 0 Å². The highest BCUT2D eigenvalue weighted by Gasteiger charge is 2.18. The second-order valence-corrected chi connectivity index (χ2v) is 15.2. The maximum atomic E-state index is 6.63. The Bertz CT molecular complexity index is 464. The van der Waals surface area contributed by atoms with Gasteiger partial charge in [-0.15, -0.1) is 23.2 Å². The summed E-state index contributed by atoms with van der Waals surface area (Å²) in [5.41, 5.74) is 0. The molecular weight excluding hydrogens is 495 g/mol. The number of hydrogen-bond acceptors (Lipinski definition) is 1. The van der Waals surface area contributed by atoms with Gasteiger partial charge in [-0.1, -0.05) is 81.1 Å². The van der Waals surface area contributed by atoms with Crippen LogP contribution in [-0.2, 0) is 4.74 Å².